The predicted molar refractivity (Wildman–Crippen MR) is 55.2 cm³/mol. The Labute approximate surface area is 85.0 Å². The summed E-state index contributed by atoms with van der Waals surface area (Å²) in [5.74, 6) is 0. The summed E-state index contributed by atoms with van der Waals surface area (Å²) >= 11 is 0. The van der Waals surface area contributed by atoms with Crippen molar-refractivity contribution in [2.45, 2.75) is 37.8 Å². The molecule has 80 valence electrons. The van der Waals surface area contributed by atoms with E-state index < -0.39 is 0 Å². The van der Waals surface area contributed by atoms with E-state index in [1.54, 1.807) is 4.90 Å². The summed E-state index contributed by atoms with van der Waals surface area (Å²) in [5, 5.41) is 6.38. The number of amides is 2. The van der Waals surface area contributed by atoms with Gasteiger partial charge in [-0.15, -0.1) is 0 Å². The third-order valence-corrected chi connectivity index (χ3v) is 2.91. The Morgan fingerprint density at radius 3 is 2.86 bits per heavy atom. The van der Waals surface area contributed by atoms with Crippen LogP contribution in [0.1, 0.15) is 25.7 Å². The first-order valence-electron chi connectivity index (χ1n) is 5.51. The zero-order valence-electron chi connectivity index (χ0n) is 8.75. The zero-order chi connectivity index (χ0) is 9.97. The van der Waals surface area contributed by atoms with Crippen molar-refractivity contribution in [3.8, 4) is 0 Å². The molecular weight excluding hydrogens is 178 g/mol. The molecule has 1 aliphatic heterocycles. The molecule has 2 amide bonds. The van der Waals surface area contributed by atoms with E-state index in [0.717, 1.165) is 25.9 Å². The van der Waals surface area contributed by atoms with Crippen molar-refractivity contribution >= 4 is 6.03 Å². The van der Waals surface area contributed by atoms with Gasteiger partial charge in [0.1, 0.15) is 0 Å². The Kier molecular flexibility index (Phi) is 2.91. The van der Waals surface area contributed by atoms with Crippen molar-refractivity contribution in [3.63, 3.8) is 0 Å². The van der Waals surface area contributed by atoms with Gasteiger partial charge in [0.15, 0.2) is 0 Å². The summed E-state index contributed by atoms with van der Waals surface area (Å²) in [4.78, 5) is 13.4. The van der Waals surface area contributed by atoms with Gasteiger partial charge in [0.2, 0.25) is 0 Å². The van der Waals surface area contributed by atoms with Gasteiger partial charge in [-0.1, -0.05) is 0 Å². The van der Waals surface area contributed by atoms with Crippen LogP contribution in [0.25, 0.3) is 0 Å². The van der Waals surface area contributed by atoms with Gasteiger partial charge in [-0.2, -0.15) is 0 Å². The Balaban J connectivity index is 1.69. The number of nitrogens with zero attached hydrogens (tertiary/aromatic N) is 1. The highest BCUT2D eigenvalue weighted by molar-refractivity contribution is 5.74. The first-order valence-corrected chi connectivity index (χ1v) is 5.51. The number of likely N-dealkylation sites (N-methyl/N-ethyl adjacent to an activating group) is 1. The van der Waals surface area contributed by atoms with Gasteiger partial charge in [-0.3, -0.25) is 0 Å². The van der Waals surface area contributed by atoms with Gasteiger partial charge in [-0.05, 0) is 32.2 Å². The molecule has 0 spiro atoms. The number of hydrogen-bond donors (Lipinski definition) is 2. The predicted octanol–water partition coefficient (Wildman–Crippen LogP) is 0.542. The highest BCUT2D eigenvalue weighted by Crippen LogP contribution is 2.18. The van der Waals surface area contributed by atoms with Crippen LogP contribution in [0.15, 0.2) is 0 Å². The lowest BCUT2D eigenvalue weighted by Crippen LogP contribution is -2.44. The molecule has 1 aliphatic carbocycles. The molecule has 0 aromatic heterocycles. The molecule has 4 heteroatoms. The second-order valence-electron chi connectivity index (χ2n) is 4.40. The molecule has 1 atom stereocenters. The van der Waals surface area contributed by atoms with E-state index in [4.69, 9.17) is 0 Å². The topological polar surface area (TPSA) is 44.4 Å². The molecule has 0 bridgehead atoms. The minimum atomic E-state index is 0.0844. The van der Waals surface area contributed by atoms with Crippen molar-refractivity contribution < 1.29 is 4.79 Å². The van der Waals surface area contributed by atoms with Crippen LogP contribution in [0, 0.1) is 0 Å². The Morgan fingerprint density at radius 1 is 1.50 bits per heavy atom. The molecule has 2 N–H and O–H groups in total. The average molecular weight is 197 g/mol. The van der Waals surface area contributed by atoms with Crippen LogP contribution in [0.5, 0.6) is 0 Å². The van der Waals surface area contributed by atoms with E-state index in [-0.39, 0.29) is 6.03 Å². The third kappa shape index (κ3) is 2.61. The van der Waals surface area contributed by atoms with Crippen molar-refractivity contribution in [1.82, 2.24) is 15.5 Å². The van der Waals surface area contributed by atoms with Gasteiger partial charge in [0, 0.05) is 25.7 Å². The molecular formula is C10H19N3O. The normalized spacial score (nSPS) is 26.2. The highest BCUT2D eigenvalue weighted by atomic mass is 16.2. The van der Waals surface area contributed by atoms with Crippen LogP contribution in [-0.2, 0) is 0 Å². The third-order valence-electron chi connectivity index (χ3n) is 2.91. The van der Waals surface area contributed by atoms with E-state index in [9.17, 15) is 4.79 Å². The molecule has 0 radical (unpaired) electrons. The Morgan fingerprint density at radius 2 is 2.29 bits per heavy atom. The summed E-state index contributed by atoms with van der Waals surface area (Å²) in [6.45, 7) is 1.93. The van der Waals surface area contributed by atoms with Crippen LogP contribution in [0.3, 0.4) is 0 Å². The standard InChI is InChI=1S/C10H19N3O/c1-13(7-9-3-2-6-11-9)10(14)12-8-4-5-8/h8-9,11H,2-7H2,1H3,(H,12,14). The van der Waals surface area contributed by atoms with Gasteiger partial charge in [0.05, 0.1) is 0 Å². The Hall–Kier alpha value is -0.770. The molecule has 2 rings (SSSR count). The average Bonchev–Trinajstić information content (AvgIpc) is 2.81. The summed E-state index contributed by atoms with van der Waals surface area (Å²) in [5.41, 5.74) is 0. The van der Waals surface area contributed by atoms with Gasteiger partial charge in [0.25, 0.3) is 0 Å². The first kappa shape index (κ1) is 9.77. The number of carbonyl (C=O) groups excluding carboxylic acids is 1. The van der Waals surface area contributed by atoms with Crippen molar-refractivity contribution in [3.05, 3.63) is 0 Å². The van der Waals surface area contributed by atoms with Crippen molar-refractivity contribution in [2.75, 3.05) is 20.1 Å². The molecule has 1 heterocycles. The largest absolute Gasteiger partial charge is 0.335 e. The zero-order valence-corrected chi connectivity index (χ0v) is 8.75. The summed E-state index contributed by atoms with van der Waals surface area (Å²) in [6.07, 6.45) is 4.74. The summed E-state index contributed by atoms with van der Waals surface area (Å²) in [7, 11) is 1.87. The van der Waals surface area contributed by atoms with E-state index in [1.165, 1.54) is 12.8 Å². The second kappa shape index (κ2) is 4.17. The van der Waals surface area contributed by atoms with Crippen molar-refractivity contribution in [1.29, 1.82) is 0 Å². The highest BCUT2D eigenvalue weighted by Gasteiger charge is 2.25. The maximum Gasteiger partial charge on any atom is 0.317 e. The fourth-order valence-corrected chi connectivity index (χ4v) is 1.84. The molecule has 1 saturated carbocycles. The van der Waals surface area contributed by atoms with Gasteiger partial charge < -0.3 is 15.5 Å². The maximum absolute atomic E-state index is 11.6. The SMILES string of the molecule is CN(CC1CCCN1)C(=O)NC1CC1. The molecule has 2 fully saturated rings. The fourth-order valence-electron chi connectivity index (χ4n) is 1.84. The van der Waals surface area contributed by atoms with Crippen molar-refractivity contribution in [2.24, 2.45) is 0 Å². The minimum absolute atomic E-state index is 0.0844. The number of nitrogens with one attached hydrogen (secondary N) is 2. The fraction of sp³-hybridized carbons (Fsp3) is 0.900. The van der Waals surface area contributed by atoms with E-state index in [1.807, 2.05) is 7.05 Å². The van der Waals surface area contributed by atoms with Crippen LogP contribution >= 0.6 is 0 Å². The van der Waals surface area contributed by atoms with Crippen LogP contribution in [-0.4, -0.2) is 43.2 Å². The smallest absolute Gasteiger partial charge is 0.317 e. The van der Waals surface area contributed by atoms with E-state index in [2.05, 4.69) is 10.6 Å². The second-order valence-corrected chi connectivity index (χ2v) is 4.40. The summed E-state index contributed by atoms with van der Waals surface area (Å²) < 4.78 is 0. The molecule has 1 unspecified atom stereocenters. The number of rotatable bonds is 3. The molecule has 1 saturated heterocycles. The van der Waals surface area contributed by atoms with Crippen LogP contribution in [0.2, 0.25) is 0 Å². The summed E-state index contributed by atoms with van der Waals surface area (Å²) in [6, 6.07) is 1.05. The first-order chi connectivity index (χ1) is 6.75. The van der Waals surface area contributed by atoms with E-state index >= 15 is 0 Å². The number of urea groups is 1. The molecule has 0 aromatic carbocycles. The lowest BCUT2D eigenvalue weighted by molar-refractivity contribution is 0.204. The van der Waals surface area contributed by atoms with E-state index in [0.29, 0.717) is 12.1 Å². The van der Waals surface area contributed by atoms with Crippen LogP contribution < -0.4 is 10.6 Å². The number of hydrogen-bond acceptors (Lipinski definition) is 2. The molecule has 2 aliphatic rings. The molecule has 0 aromatic rings. The lowest BCUT2D eigenvalue weighted by atomic mass is 10.2. The monoisotopic (exact) mass is 197 g/mol. The minimum Gasteiger partial charge on any atom is -0.335 e. The molecule has 4 nitrogen and oxygen atoms in total. The lowest BCUT2D eigenvalue weighted by Gasteiger charge is -2.21. The number of carbonyl (C=O) groups is 1. The van der Waals surface area contributed by atoms with Crippen LogP contribution in [0.4, 0.5) is 4.79 Å². The maximum atomic E-state index is 11.6. The van der Waals surface area contributed by atoms with Gasteiger partial charge >= 0.3 is 6.03 Å². The molecule has 14 heavy (non-hydrogen) atoms. The quantitative estimate of drug-likeness (QED) is 0.693. The van der Waals surface area contributed by atoms with Gasteiger partial charge in [-0.25, -0.2) is 4.79 Å². The Bertz CT molecular complexity index is 209.